The molecular formula is C17H18N4O. The Bertz CT molecular complexity index is 817. The van der Waals surface area contributed by atoms with E-state index in [4.69, 9.17) is 10.5 Å². The number of anilines is 2. The van der Waals surface area contributed by atoms with Gasteiger partial charge >= 0.3 is 0 Å². The molecule has 0 aliphatic carbocycles. The number of aryl methyl sites for hydroxylation is 1. The van der Waals surface area contributed by atoms with Crippen molar-refractivity contribution in [3.8, 4) is 5.75 Å². The molecule has 0 spiro atoms. The van der Waals surface area contributed by atoms with E-state index >= 15 is 0 Å². The minimum atomic E-state index is 0.226. The summed E-state index contributed by atoms with van der Waals surface area (Å²) in [5.41, 5.74) is 9.00. The third kappa shape index (κ3) is 2.65. The van der Waals surface area contributed by atoms with Crippen LogP contribution in [0.3, 0.4) is 0 Å². The topological polar surface area (TPSA) is 73.1 Å². The number of ether oxygens (including phenoxy) is 1. The molecule has 0 saturated carbocycles. The number of nitrogen functional groups attached to an aromatic ring is 1. The average molecular weight is 294 g/mol. The largest absolute Gasteiger partial charge is 0.494 e. The number of nitrogens with two attached hydrogens (primary N) is 1. The van der Waals surface area contributed by atoms with Gasteiger partial charge in [0.05, 0.1) is 7.11 Å². The Morgan fingerprint density at radius 1 is 1.09 bits per heavy atom. The Morgan fingerprint density at radius 3 is 2.68 bits per heavy atom. The highest BCUT2D eigenvalue weighted by atomic mass is 16.5. The number of nitrogens with one attached hydrogen (secondary N) is 1. The van der Waals surface area contributed by atoms with Gasteiger partial charge in [0.25, 0.3) is 0 Å². The smallest absolute Gasteiger partial charge is 0.222 e. The van der Waals surface area contributed by atoms with Gasteiger partial charge < -0.3 is 15.8 Å². The molecule has 0 unspecified atom stereocenters. The summed E-state index contributed by atoms with van der Waals surface area (Å²) in [6.07, 6.45) is 0. The van der Waals surface area contributed by atoms with Gasteiger partial charge in [0.2, 0.25) is 5.95 Å². The van der Waals surface area contributed by atoms with Crippen LogP contribution in [0.1, 0.15) is 11.1 Å². The molecule has 3 aromatic rings. The fourth-order valence-corrected chi connectivity index (χ4v) is 2.43. The maximum absolute atomic E-state index is 5.83. The van der Waals surface area contributed by atoms with E-state index in [1.54, 1.807) is 7.11 Å². The van der Waals surface area contributed by atoms with Gasteiger partial charge in [-0.1, -0.05) is 30.3 Å². The molecule has 0 aliphatic rings. The molecule has 0 amide bonds. The Labute approximate surface area is 129 Å². The molecule has 5 nitrogen and oxygen atoms in total. The Morgan fingerprint density at radius 2 is 1.91 bits per heavy atom. The number of hydrogen-bond acceptors (Lipinski definition) is 5. The van der Waals surface area contributed by atoms with Crippen LogP contribution in [-0.4, -0.2) is 17.1 Å². The summed E-state index contributed by atoms with van der Waals surface area (Å²) in [4.78, 5) is 8.60. The molecule has 0 aliphatic heterocycles. The molecule has 2 aromatic carbocycles. The van der Waals surface area contributed by atoms with Crippen LogP contribution in [0, 0.1) is 6.92 Å². The zero-order valence-corrected chi connectivity index (χ0v) is 12.6. The number of rotatable bonds is 4. The Hall–Kier alpha value is -2.82. The first-order valence-electron chi connectivity index (χ1n) is 7.07. The predicted molar refractivity (Wildman–Crippen MR) is 89.0 cm³/mol. The third-order valence-corrected chi connectivity index (χ3v) is 3.63. The van der Waals surface area contributed by atoms with Gasteiger partial charge in [0, 0.05) is 11.9 Å². The minimum Gasteiger partial charge on any atom is -0.494 e. The van der Waals surface area contributed by atoms with Crippen molar-refractivity contribution in [3.05, 3.63) is 53.6 Å². The van der Waals surface area contributed by atoms with Crippen molar-refractivity contribution in [2.75, 3.05) is 18.2 Å². The van der Waals surface area contributed by atoms with Crippen molar-refractivity contribution in [1.82, 2.24) is 9.97 Å². The average Bonchev–Trinajstić information content (AvgIpc) is 2.53. The van der Waals surface area contributed by atoms with E-state index in [0.717, 1.165) is 5.39 Å². The summed E-state index contributed by atoms with van der Waals surface area (Å²) in [5, 5.41) is 4.24. The van der Waals surface area contributed by atoms with Crippen molar-refractivity contribution in [2.24, 2.45) is 0 Å². The lowest BCUT2D eigenvalue weighted by Gasteiger charge is -2.12. The number of fused-ring (bicyclic) bond motifs is 1. The second-order valence-electron chi connectivity index (χ2n) is 5.07. The van der Waals surface area contributed by atoms with Crippen LogP contribution in [-0.2, 0) is 6.54 Å². The molecule has 0 fully saturated rings. The number of nitrogens with zero attached hydrogens (tertiary/aromatic N) is 2. The molecule has 0 radical (unpaired) electrons. The fourth-order valence-electron chi connectivity index (χ4n) is 2.43. The molecule has 5 heteroatoms. The van der Waals surface area contributed by atoms with E-state index in [9.17, 15) is 0 Å². The monoisotopic (exact) mass is 294 g/mol. The zero-order chi connectivity index (χ0) is 15.5. The van der Waals surface area contributed by atoms with E-state index in [2.05, 4.69) is 34.3 Å². The van der Waals surface area contributed by atoms with Crippen LogP contribution in [0.4, 0.5) is 11.8 Å². The first-order valence-corrected chi connectivity index (χ1v) is 7.07. The normalized spacial score (nSPS) is 10.6. The number of para-hydroxylation sites is 1. The number of hydrogen-bond donors (Lipinski definition) is 2. The quantitative estimate of drug-likeness (QED) is 0.773. The molecule has 3 rings (SSSR count). The van der Waals surface area contributed by atoms with Crippen LogP contribution < -0.4 is 15.8 Å². The van der Waals surface area contributed by atoms with Crippen LogP contribution in [0.2, 0.25) is 0 Å². The molecule has 112 valence electrons. The van der Waals surface area contributed by atoms with Gasteiger partial charge in [-0.05, 0) is 30.2 Å². The zero-order valence-electron chi connectivity index (χ0n) is 12.6. The molecule has 0 atom stereocenters. The van der Waals surface area contributed by atoms with Gasteiger partial charge in [-0.25, -0.2) is 4.98 Å². The van der Waals surface area contributed by atoms with Gasteiger partial charge in [-0.3, -0.25) is 0 Å². The molecule has 1 heterocycles. The van der Waals surface area contributed by atoms with Crippen LogP contribution in [0.5, 0.6) is 5.75 Å². The van der Waals surface area contributed by atoms with Crippen LogP contribution >= 0.6 is 0 Å². The molecule has 0 bridgehead atoms. The summed E-state index contributed by atoms with van der Waals surface area (Å²) in [5.74, 6) is 1.62. The van der Waals surface area contributed by atoms with Gasteiger partial charge in [0.1, 0.15) is 17.1 Å². The summed E-state index contributed by atoms with van der Waals surface area (Å²) < 4.78 is 5.35. The molecule has 22 heavy (non-hydrogen) atoms. The first kappa shape index (κ1) is 14.1. The molecule has 0 saturated heterocycles. The first-order chi connectivity index (χ1) is 10.7. The maximum Gasteiger partial charge on any atom is 0.222 e. The summed E-state index contributed by atoms with van der Waals surface area (Å²) in [6, 6.07) is 14.0. The minimum absolute atomic E-state index is 0.226. The second kappa shape index (κ2) is 5.89. The van der Waals surface area contributed by atoms with Crippen molar-refractivity contribution in [2.45, 2.75) is 13.5 Å². The van der Waals surface area contributed by atoms with Gasteiger partial charge in [0.15, 0.2) is 0 Å². The lowest BCUT2D eigenvalue weighted by Crippen LogP contribution is -2.06. The lowest BCUT2D eigenvalue weighted by molar-refractivity contribution is 0.419. The standard InChI is InChI=1S/C17H18N4O/c1-11-6-3-4-7-12(11)10-19-16-13-8-5-9-14(22-2)15(13)20-17(18)21-16/h3-9H,10H2,1-2H3,(H3,18,19,20,21). The van der Waals surface area contributed by atoms with E-state index in [-0.39, 0.29) is 5.95 Å². The lowest BCUT2D eigenvalue weighted by atomic mass is 10.1. The van der Waals surface area contributed by atoms with E-state index in [1.807, 2.05) is 30.3 Å². The van der Waals surface area contributed by atoms with Gasteiger partial charge in [-0.15, -0.1) is 0 Å². The highest BCUT2D eigenvalue weighted by molar-refractivity contribution is 5.93. The summed E-state index contributed by atoms with van der Waals surface area (Å²) in [6.45, 7) is 2.77. The second-order valence-corrected chi connectivity index (χ2v) is 5.07. The third-order valence-electron chi connectivity index (χ3n) is 3.63. The maximum atomic E-state index is 5.83. The number of aromatic nitrogens is 2. The van der Waals surface area contributed by atoms with Crippen molar-refractivity contribution >= 4 is 22.7 Å². The Kier molecular flexibility index (Phi) is 3.78. The predicted octanol–water partition coefficient (Wildman–Crippen LogP) is 3.14. The highest BCUT2D eigenvalue weighted by Crippen LogP contribution is 2.29. The summed E-state index contributed by atoms with van der Waals surface area (Å²) in [7, 11) is 1.62. The highest BCUT2D eigenvalue weighted by Gasteiger charge is 2.10. The fraction of sp³-hybridized carbons (Fsp3) is 0.176. The Balaban J connectivity index is 1.98. The van der Waals surface area contributed by atoms with Crippen molar-refractivity contribution in [3.63, 3.8) is 0 Å². The molecule has 1 aromatic heterocycles. The SMILES string of the molecule is COc1cccc2c(NCc3ccccc3C)nc(N)nc12. The molecule has 3 N–H and O–H groups in total. The van der Waals surface area contributed by atoms with Crippen LogP contribution in [0.25, 0.3) is 10.9 Å². The molecular weight excluding hydrogens is 276 g/mol. The van der Waals surface area contributed by atoms with E-state index < -0.39 is 0 Å². The van der Waals surface area contributed by atoms with Crippen molar-refractivity contribution < 1.29 is 4.74 Å². The summed E-state index contributed by atoms with van der Waals surface area (Å²) >= 11 is 0. The van der Waals surface area contributed by atoms with Crippen molar-refractivity contribution in [1.29, 1.82) is 0 Å². The van der Waals surface area contributed by atoms with E-state index in [0.29, 0.717) is 23.6 Å². The number of benzene rings is 2. The van der Waals surface area contributed by atoms with E-state index in [1.165, 1.54) is 11.1 Å². The van der Waals surface area contributed by atoms with Crippen LogP contribution in [0.15, 0.2) is 42.5 Å². The number of methoxy groups -OCH3 is 1. The van der Waals surface area contributed by atoms with Gasteiger partial charge in [-0.2, -0.15) is 4.98 Å².